The van der Waals surface area contributed by atoms with Gasteiger partial charge < -0.3 is 10.3 Å². The number of nitrogens with zero attached hydrogens (tertiary/aromatic N) is 3. The number of aromatic nitrogens is 3. The summed E-state index contributed by atoms with van der Waals surface area (Å²) in [6.07, 6.45) is 5.07. The number of halogens is 1. The molecule has 3 aromatic heterocycles. The highest BCUT2D eigenvalue weighted by Gasteiger charge is 2.17. The van der Waals surface area contributed by atoms with Crippen molar-refractivity contribution in [2.24, 2.45) is 5.73 Å². The van der Waals surface area contributed by atoms with Crippen molar-refractivity contribution in [1.29, 1.82) is 0 Å². The number of aryl methyl sites for hydroxylation is 1. The quantitative estimate of drug-likeness (QED) is 0.808. The third-order valence-corrected chi connectivity index (χ3v) is 4.15. The number of carbonyl (C=O) groups excluding carboxylic acids is 1. The Hall–Kier alpha value is -1.92. The van der Waals surface area contributed by atoms with E-state index in [-0.39, 0.29) is 0 Å². The number of carbonyl (C=O) groups is 1. The number of amides is 1. The Labute approximate surface area is 124 Å². The third-order valence-electron chi connectivity index (χ3n) is 2.94. The summed E-state index contributed by atoms with van der Waals surface area (Å²) in [7, 11) is 0. The smallest absolute Gasteiger partial charge is 0.252 e. The van der Waals surface area contributed by atoms with Crippen molar-refractivity contribution in [2.45, 2.75) is 13.5 Å². The van der Waals surface area contributed by atoms with Gasteiger partial charge in [-0.05, 0) is 13.0 Å². The molecule has 102 valence electrons. The van der Waals surface area contributed by atoms with Crippen LogP contribution in [0, 0.1) is 6.92 Å². The molecule has 0 radical (unpaired) electrons. The van der Waals surface area contributed by atoms with Crippen LogP contribution in [0.5, 0.6) is 0 Å². The highest BCUT2D eigenvalue weighted by molar-refractivity contribution is 7.11. The lowest BCUT2D eigenvalue weighted by Gasteiger charge is -2.03. The summed E-state index contributed by atoms with van der Waals surface area (Å²) in [4.78, 5) is 21.2. The van der Waals surface area contributed by atoms with Crippen LogP contribution in [0.4, 0.5) is 0 Å². The van der Waals surface area contributed by atoms with Gasteiger partial charge in [-0.25, -0.2) is 4.98 Å². The van der Waals surface area contributed by atoms with Crippen molar-refractivity contribution < 1.29 is 4.79 Å². The maximum atomic E-state index is 11.5. The fourth-order valence-electron chi connectivity index (χ4n) is 2.11. The molecule has 7 heteroatoms. The van der Waals surface area contributed by atoms with Gasteiger partial charge >= 0.3 is 0 Å². The Balaban J connectivity index is 2.17. The third kappa shape index (κ3) is 2.17. The minimum absolute atomic E-state index is 0.371. The standard InChI is InChI=1S/C13H11ClN4OS/c1-7-4-17-10(20-7)6-18-5-8(13(15)19)11-12(18)9(14)2-3-16-11/h2-5H,6H2,1H3,(H2,15,19). The fraction of sp³-hybridized carbons (Fsp3) is 0.154. The van der Waals surface area contributed by atoms with E-state index < -0.39 is 5.91 Å². The summed E-state index contributed by atoms with van der Waals surface area (Å²) < 4.78 is 1.86. The number of hydrogen-bond acceptors (Lipinski definition) is 4. The first-order valence-corrected chi connectivity index (χ1v) is 7.10. The van der Waals surface area contributed by atoms with Gasteiger partial charge in [-0.3, -0.25) is 9.78 Å². The molecule has 20 heavy (non-hydrogen) atoms. The predicted molar refractivity (Wildman–Crippen MR) is 79.2 cm³/mol. The molecular weight excluding hydrogens is 296 g/mol. The molecule has 0 aromatic carbocycles. The Kier molecular flexibility index (Phi) is 3.19. The van der Waals surface area contributed by atoms with Crippen LogP contribution in [0.15, 0.2) is 24.7 Å². The Bertz CT molecular complexity index is 808. The second kappa shape index (κ2) is 4.88. The molecule has 5 nitrogen and oxygen atoms in total. The van der Waals surface area contributed by atoms with Crippen LogP contribution < -0.4 is 5.73 Å². The van der Waals surface area contributed by atoms with Crippen LogP contribution in [0.3, 0.4) is 0 Å². The molecule has 0 fully saturated rings. The van der Waals surface area contributed by atoms with Crippen LogP contribution in [-0.4, -0.2) is 20.4 Å². The van der Waals surface area contributed by atoms with Gasteiger partial charge in [0.1, 0.15) is 10.5 Å². The largest absolute Gasteiger partial charge is 0.365 e. The second-order valence-corrected chi connectivity index (χ2v) is 6.12. The number of thiazole rings is 1. The molecule has 2 N–H and O–H groups in total. The first kappa shape index (κ1) is 13.1. The SMILES string of the molecule is Cc1cnc(Cn2cc(C(N)=O)c3nccc(Cl)c32)s1. The molecule has 0 unspecified atom stereocenters. The average molecular weight is 307 g/mol. The number of nitrogens with two attached hydrogens (primary N) is 1. The van der Waals surface area contributed by atoms with Crippen molar-refractivity contribution in [3.05, 3.63) is 45.1 Å². The van der Waals surface area contributed by atoms with E-state index in [1.165, 1.54) is 0 Å². The molecule has 3 aromatic rings. The minimum atomic E-state index is -0.515. The minimum Gasteiger partial charge on any atom is -0.365 e. The molecule has 3 heterocycles. The van der Waals surface area contributed by atoms with Gasteiger partial charge in [0, 0.05) is 23.5 Å². The van der Waals surface area contributed by atoms with E-state index in [4.69, 9.17) is 17.3 Å². The lowest BCUT2D eigenvalue weighted by molar-refractivity contribution is 0.100. The van der Waals surface area contributed by atoms with Gasteiger partial charge in [-0.1, -0.05) is 11.6 Å². The number of fused-ring (bicyclic) bond motifs is 1. The van der Waals surface area contributed by atoms with Gasteiger partial charge in [0.25, 0.3) is 5.91 Å². The molecular formula is C13H11ClN4OS. The molecule has 0 aliphatic carbocycles. The van der Waals surface area contributed by atoms with E-state index in [0.29, 0.717) is 28.2 Å². The Morgan fingerprint density at radius 2 is 2.30 bits per heavy atom. The summed E-state index contributed by atoms with van der Waals surface area (Å²) in [6.45, 7) is 2.53. The molecule has 0 atom stereocenters. The second-order valence-electron chi connectivity index (χ2n) is 4.39. The zero-order chi connectivity index (χ0) is 14.3. The van der Waals surface area contributed by atoms with Crippen LogP contribution in [0.1, 0.15) is 20.2 Å². The first-order chi connectivity index (χ1) is 9.56. The maximum absolute atomic E-state index is 11.5. The van der Waals surface area contributed by atoms with Crippen molar-refractivity contribution in [3.8, 4) is 0 Å². The number of pyridine rings is 1. The van der Waals surface area contributed by atoms with Crippen LogP contribution >= 0.6 is 22.9 Å². The van der Waals surface area contributed by atoms with E-state index in [9.17, 15) is 4.79 Å². The predicted octanol–water partition coefficient (Wildman–Crippen LogP) is 2.60. The molecule has 0 saturated carbocycles. The molecule has 3 rings (SSSR count). The average Bonchev–Trinajstić information content (AvgIpc) is 2.95. The van der Waals surface area contributed by atoms with Crippen molar-refractivity contribution in [2.75, 3.05) is 0 Å². The maximum Gasteiger partial charge on any atom is 0.252 e. The van der Waals surface area contributed by atoms with Gasteiger partial charge in [-0.15, -0.1) is 11.3 Å². The molecule has 0 aliphatic heterocycles. The molecule has 0 spiro atoms. The van der Waals surface area contributed by atoms with Gasteiger partial charge in [0.2, 0.25) is 0 Å². The summed E-state index contributed by atoms with van der Waals surface area (Å²) in [5.41, 5.74) is 6.99. The highest BCUT2D eigenvalue weighted by Crippen LogP contribution is 2.27. The van der Waals surface area contributed by atoms with Crippen LogP contribution in [0.2, 0.25) is 5.02 Å². The summed E-state index contributed by atoms with van der Waals surface area (Å²) >= 11 is 7.82. The first-order valence-electron chi connectivity index (χ1n) is 5.90. The van der Waals surface area contributed by atoms with E-state index in [2.05, 4.69) is 9.97 Å². The normalized spacial score (nSPS) is 11.1. The number of primary amides is 1. The van der Waals surface area contributed by atoms with E-state index in [0.717, 1.165) is 9.88 Å². The highest BCUT2D eigenvalue weighted by atomic mass is 35.5. The Morgan fingerprint density at radius 3 is 2.95 bits per heavy atom. The van der Waals surface area contributed by atoms with E-state index >= 15 is 0 Å². The van der Waals surface area contributed by atoms with Crippen LogP contribution in [-0.2, 0) is 6.54 Å². The lowest BCUT2D eigenvalue weighted by Crippen LogP contribution is -2.10. The van der Waals surface area contributed by atoms with E-state index in [1.807, 2.05) is 17.7 Å². The molecule has 1 amide bonds. The van der Waals surface area contributed by atoms with Crippen LogP contribution in [0.25, 0.3) is 11.0 Å². The zero-order valence-electron chi connectivity index (χ0n) is 10.6. The number of hydrogen-bond donors (Lipinski definition) is 1. The van der Waals surface area contributed by atoms with Gasteiger partial charge in [0.15, 0.2) is 0 Å². The van der Waals surface area contributed by atoms with E-state index in [1.54, 1.807) is 29.8 Å². The fourth-order valence-corrected chi connectivity index (χ4v) is 3.15. The number of rotatable bonds is 3. The summed E-state index contributed by atoms with van der Waals surface area (Å²) in [5.74, 6) is -0.515. The van der Waals surface area contributed by atoms with Crippen molar-refractivity contribution in [3.63, 3.8) is 0 Å². The molecule has 0 aliphatic rings. The molecule has 0 saturated heterocycles. The van der Waals surface area contributed by atoms with Gasteiger partial charge in [-0.2, -0.15) is 0 Å². The van der Waals surface area contributed by atoms with Crippen molar-refractivity contribution in [1.82, 2.24) is 14.5 Å². The zero-order valence-corrected chi connectivity index (χ0v) is 12.2. The van der Waals surface area contributed by atoms with Gasteiger partial charge in [0.05, 0.1) is 22.6 Å². The molecule has 0 bridgehead atoms. The topological polar surface area (TPSA) is 73.8 Å². The summed E-state index contributed by atoms with van der Waals surface area (Å²) in [6, 6.07) is 1.69. The summed E-state index contributed by atoms with van der Waals surface area (Å²) in [5, 5.41) is 1.48. The Morgan fingerprint density at radius 1 is 1.50 bits per heavy atom. The lowest BCUT2D eigenvalue weighted by atomic mass is 10.2. The van der Waals surface area contributed by atoms with Crippen molar-refractivity contribution >= 4 is 39.9 Å². The monoisotopic (exact) mass is 306 g/mol.